The van der Waals surface area contributed by atoms with Crippen LogP contribution in [-0.2, 0) is 11.2 Å². The van der Waals surface area contributed by atoms with Gasteiger partial charge in [0, 0.05) is 6.04 Å². The molecule has 0 aliphatic carbocycles. The quantitative estimate of drug-likeness (QED) is 0.820. The topological polar surface area (TPSA) is 55.6 Å². The predicted molar refractivity (Wildman–Crippen MR) is 85.8 cm³/mol. The van der Waals surface area contributed by atoms with Gasteiger partial charge in [0.05, 0.1) is 5.69 Å². The van der Waals surface area contributed by atoms with Crippen LogP contribution in [0.1, 0.15) is 45.6 Å². The Morgan fingerprint density at radius 2 is 2.10 bits per heavy atom. The number of nitrogens with two attached hydrogens (primary N) is 1. The van der Waals surface area contributed by atoms with Crippen molar-refractivity contribution in [2.24, 2.45) is 5.73 Å². The summed E-state index contributed by atoms with van der Waals surface area (Å²) in [5.74, 6) is 0.886. The standard InChI is InChI=1S/C17H26N2O2/c1-4-15-17(20)19(12(2)3)14-11-13(7-5-6-10-18)8-9-16(14)21-15/h8-9,11-12,15H,4-7,10,18H2,1-3H3. The number of anilines is 1. The fourth-order valence-electron chi connectivity index (χ4n) is 2.75. The zero-order valence-corrected chi connectivity index (χ0v) is 13.3. The minimum Gasteiger partial charge on any atom is -0.478 e. The van der Waals surface area contributed by atoms with Gasteiger partial charge in [-0.1, -0.05) is 13.0 Å². The van der Waals surface area contributed by atoms with E-state index in [0.717, 1.165) is 37.2 Å². The molecule has 0 saturated carbocycles. The number of hydrogen-bond donors (Lipinski definition) is 1. The molecule has 1 aliphatic heterocycles. The van der Waals surface area contributed by atoms with E-state index in [4.69, 9.17) is 10.5 Å². The summed E-state index contributed by atoms with van der Waals surface area (Å²) < 4.78 is 5.84. The lowest BCUT2D eigenvalue weighted by molar-refractivity contribution is -0.126. The van der Waals surface area contributed by atoms with E-state index >= 15 is 0 Å². The van der Waals surface area contributed by atoms with E-state index in [1.807, 2.05) is 31.7 Å². The fourth-order valence-corrected chi connectivity index (χ4v) is 2.75. The van der Waals surface area contributed by atoms with Gasteiger partial charge in [0.15, 0.2) is 6.10 Å². The summed E-state index contributed by atoms with van der Waals surface area (Å²) in [4.78, 5) is 14.4. The van der Waals surface area contributed by atoms with Gasteiger partial charge in [0.25, 0.3) is 5.91 Å². The number of carbonyl (C=O) groups excluding carboxylic acids is 1. The maximum Gasteiger partial charge on any atom is 0.268 e. The van der Waals surface area contributed by atoms with Crippen LogP contribution in [-0.4, -0.2) is 24.6 Å². The van der Waals surface area contributed by atoms with Crippen LogP contribution in [0.2, 0.25) is 0 Å². The summed E-state index contributed by atoms with van der Waals surface area (Å²) in [7, 11) is 0. The van der Waals surface area contributed by atoms with Gasteiger partial charge in [-0.05, 0) is 63.8 Å². The molecule has 1 amide bonds. The molecule has 1 aromatic rings. The van der Waals surface area contributed by atoms with E-state index in [9.17, 15) is 4.79 Å². The van der Waals surface area contributed by atoms with E-state index in [2.05, 4.69) is 12.1 Å². The molecule has 2 rings (SSSR count). The monoisotopic (exact) mass is 290 g/mol. The number of unbranched alkanes of at least 4 members (excludes halogenated alkanes) is 1. The lowest BCUT2D eigenvalue weighted by Gasteiger charge is -2.36. The third kappa shape index (κ3) is 3.38. The molecule has 0 radical (unpaired) electrons. The summed E-state index contributed by atoms with van der Waals surface area (Å²) in [5, 5.41) is 0. The van der Waals surface area contributed by atoms with Gasteiger partial charge in [-0.3, -0.25) is 4.79 Å². The summed E-state index contributed by atoms with van der Waals surface area (Å²) in [6.07, 6.45) is 3.42. The second-order valence-corrected chi connectivity index (χ2v) is 5.86. The smallest absolute Gasteiger partial charge is 0.268 e. The second kappa shape index (κ2) is 6.94. The largest absolute Gasteiger partial charge is 0.478 e. The Balaban J connectivity index is 2.29. The van der Waals surface area contributed by atoms with Crippen LogP contribution >= 0.6 is 0 Å². The highest BCUT2D eigenvalue weighted by Gasteiger charge is 2.34. The summed E-state index contributed by atoms with van der Waals surface area (Å²) in [5.41, 5.74) is 7.68. The van der Waals surface area contributed by atoms with Crippen LogP contribution in [0.5, 0.6) is 5.75 Å². The number of hydrogen-bond acceptors (Lipinski definition) is 3. The number of benzene rings is 1. The van der Waals surface area contributed by atoms with Crippen molar-refractivity contribution in [1.29, 1.82) is 0 Å². The van der Waals surface area contributed by atoms with E-state index in [1.54, 1.807) is 0 Å². The third-order valence-electron chi connectivity index (χ3n) is 3.87. The SMILES string of the molecule is CCC1Oc2ccc(CCCCN)cc2N(C(C)C)C1=O. The lowest BCUT2D eigenvalue weighted by Crippen LogP contribution is -2.48. The zero-order valence-electron chi connectivity index (χ0n) is 13.3. The highest BCUT2D eigenvalue weighted by Crippen LogP contribution is 2.37. The molecular formula is C17H26N2O2. The van der Waals surface area contributed by atoms with Crippen LogP contribution in [0, 0.1) is 0 Å². The van der Waals surface area contributed by atoms with Gasteiger partial charge in [0.2, 0.25) is 0 Å². The van der Waals surface area contributed by atoms with Crippen molar-refractivity contribution >= 4 is 11.6 Å². The normalized spacial score (nSPS) is 17.9. The summed E-state index contributed by atoms with van der Waals surface area (Å²) in [6.45, 7) is 6.79. The van der Waals surface area contributed by atoms with Crippen molar-refractivity contribution in [3.8, 4) is 5.75 Å². The maximum atomic E-state index is 12.5. The highest BCUT2D eigenvalue weighted by atomic mass is 16.5. The molecule has 0 saturated heterocycles. The van der Waals surface area contributed by atoms with Gasteiger partial charge in [0.1, 0.15) is 5.75 Å². The summed E-state index contributed by atoms with van der Waals surface area (Å²) in [6, 6.07) is 6.32. The Hall–Kier alpha value is -1.55. The Bertz CT molecular complexity index is 500. The van der Waals surface area contributed by atoms with Crippen molar-refractivity contribution < 1.29 is 9.53 Å². The average Bonchev–Trinajstić information content (AvgIpc) is 2.46. The van der Waals surface area contributed by atoms with Gasteiger partial charge in [-0.25, -0.2) is 0 Å². The van der Waals surface area contributed by atoms with Crippen molar-refractivity contribution in [3.05, 3.63) is 23.8 Å². The molecule has 116 valence electrons. The van der Waals surface area contributed by atoms with E-state index in [1.165, 1.54) is 5.56 Å². The maximum absolute atomic E-state index is 12.5. The van der Waals surface area contributed by atoms with Gasteiger partial charge in [-0.15, -0.1) is 0 Å². The molecule has 1 heterocycles. The van der Waals surface area contributed by atoms with E-state index < -0.39 is 0 Å². The Morgan fingerprint density at radius 3 is 2.71 bits per heavy atom. The molecular weight excluding hydrogens is 264 g/mol. The number of nitrogens with zero attached hydrogens (tertiary/aromatic N) is 1. The van der Waals surface area contributed by atoms with Gasteiger partial charge >= 0.3 is 0 Å². The predicted octanol–water partition coefficient (Wildman–Crippen LogP) is 2.88. The third-order valence-corrected chi connectivity index (χ3v) is 3.87. The van der Waals surface area contributed by atoms with Gasteiger partial charge in [-0.2, -0.15) is 0 Å². The molecule has 4 nitrogen and oxygen atoms in total. The Labute approximate surface area is 127 Å². The van der Waals surface area contributed by atoms with Crippen molar-refractivity contribution in [3.63, 3.8) is 0 Å². The summed E-state index contributed by atoms with van der Waals surface area (Å²) >= 11 is 0. The number of fused-ring (bicyclic) bond motifs is 1. The van der Waals surface area contributed by atoms with Crippen molar-refractivity contribution in [2.45, 2.75) is 58.6 Å². The molecule has 1 aliphatic rings. The molecule has 1 aromatic carbocycles. The molecule has 2 N–H and O–H groups in total. The highest BCUT2D eigenvalue weighted by molar-refractivity contribution is 6.00. The molecule has 0 aromatic heterocycles. The first-order chi connectivity index (χ1) is 10.1. The fraction of sp³-hybridized carbons (Fsp3) is 0.588. The molecule has 4 heteroatoms. The first-order valence-corrected chi connectivity index (χ1v) is 7.91. The molecule has 0 spiro atoms. The van der Waals surface area contributed by atoms with Crippen LogP contribution < -0.4 is 15.4 Å². The number of ether oxygens (including phenoxy) is 1. The first kappa shape index (κ1) is 15.8. The van der Waals surface area contributed by atoms with Crippen LogP contribution in [0.15, 0.2) is 18.2 Å². The zero-order chi connectivity index (χ0) is 15.4. The Morgan fingerprint density at radius 1 is 1.33 bits per heavy atom. The lowest BCUT2D eigenvalue weighted by atomic mass is 10.0. The van der Waals surface area contributed by atoms with Crippen molar-refractivity contribution in [1.82, 2.24) is 0 Å². The molecule has 1 atom stereocenters. The first-order valence-electron chi connectivity index (χ1n) is 7.91. The van der Waals surface area contributed by atoms with E-state index in [0.29, 0.717) is 6.42 Å². The molecule has 21 heavy (non-hydrogen) atoms. The molecule has 0 fully saturated rings. The Kier molecular flexibility index (Phi) is 5.23. The van der Waals surface area contributed by atoms with Crippen LogP contribution in [0.3, 0.4) is 0 Å². The number of amides is 1. The van der Waals surface area contributed by atoms with Crippen LogP contribution in [0.4, 0.5) is 5.69 Å². The van der Waals surface area contributed by atoms with Crippen LogP contribution in [0.25, 0.3) is 0 Å². The van der Waals surface area contributed by atoms with Gasteiger partial charge < -0.3 is 15.4 Å². The minimum absolute atomic E-state index is 0.0686. The molecule has 1 unspecified atom stereocenters. The van der Waals surface area contributed by atoms with Crippen molar-refractivity contribution in [2.75, 3.05) is 11.4 Å². The second-order valence-electron chi connectivity index (χ2n) is 5.86. The number of aryl methyl sites for hydroxylation is 1. The molecule has 0 bridgehead atoms. The minimum atomic E-state index is -0.358. The van der Waals surface area contributed by atoms with E-state index in [-0.39, 0.29) is 18.1 Å². The average molecular weight is 290 g/mol. The number of rotatable bonds is 6. The number of carbonyl (C=O) groups is 1.